The fourth-order valence-corrected chi connectivity index (χ4v) is 5.07. The second-order valence-electron chi connectivity index (χ2n) is 7.04. The SMILES string of the molecule is COc1ccc2cc(S(=O)(=O)N3CCN(Cc4ccccc4)CC3)ccc2c1. The van der Waals surface area contributed by atoms with Crippen molar-refractivity contribution in [3.63, 3.8) is 0 Å². The molecular weight excluding hydrogens is 372 g/mol. The molecule has 6 heteroatoms. The number of piperazine rings is 1. The lowest BCUT2D eigenvalue weighted by Crippen LogP contribution is -2.48. The Morgan fingerprint density at radius 2 is 1.54 bits per heavy atom. The van der Waals surface area contributed by atoms with Crippen molar-refractivity contribution in [1.82, 2.24) is 9.21 Å². The minimum absolute atomic E-state index is 0.349. The van der Waals surface area contributed by atoms with Crippen molar-refractivity contribution in [3.8, 4) is 5.75 Å². The van der Waals surface area contributed by atoms with Crippen LogP contribution < -0.4 is 4.74 Å². The molecule has 0 spiro atoms. The fourth-order valence-electron chi connectivity index (χ4n) is 3.61. The maximum Gasteiger partial charge on any atom is 0.243 e. The van der Waals surface area contributed by atoms with Crippen LogP contribution in [0.4, 0.5) is 0 Å². The summed E-state index contributed by atoms with van der Waals surface area (Å²) in [4.78, 5) is 2.65. The number of methoxy groups -OCH3 is 1. The Labute approximate surface area is 166 Å². The number of nitrogens with zero attached hydrogens (tertiary/aromatic N) is 2. The van der Waals surface area contributed by atoms with Crippen LogP contribution in [0.3, 0.4) is 0 Å². The monoisotopic (exact) mass is 396 g/mol. The van der Waals surface area contributed by atoms with Gasteiger partial charge in [0.15, 0.2) is 0 Å². The minimum atomic E-state index is -3.49. The normalized spacial score (nSPS) is 16.3. The van der Waals surface area contributed by atoms with E-state index < -0.39 is 10.0 Å². The highest BCUT2D eigenvalue weighted by Crippen LogP contribution is 2.26. The van der Waals surface area contributed by atoms with Gasteiger partial charge in [-0.2, -0.15) is 4.31 Å². The number of hydrogen-bond acceptors (Lipinski definition) is 4. The van der Waals surface area contributed by atoms with Gasteiger partial charge in [-0.15, -0.1) is 0 Å². The number of hydrogen-bond donors (Lipinski definition) is 0. The van der Waals surface area contributed by atoms with Gasteiger partial charge in [0, 0.05) is 32.7 Å². The molecule has 0 amide bonds. The lowest BCUT2D eigenvalue weighted by molar-refractivity contribution is 0.181. The maximum absolute atomic E-state index is 13.1. The summed E-state index contributed by atoms with van der Waals surface area (Å²) in [5.41, 5.74) is 1.25. The zero-order valence-electron chi connectivity index (χ0n) is 15.9. The van der Waals surface area contributed by atoms with Gasteiger partial charge in [0.1, 0.15) is 5.75 Å². The quantitative estimate of drug-likeness (QED) is 0.664. The third-order valence-corrected chi connectivity index (χ3v) is 7.13. The largest absolute Gasteiger partial charge is 0.497 e. The predicted octanol–water partition coefficient (Wildman–Crippen LogP) is 3.35. The third-order valence-electron chi connectivity index (χ3n) is 5.24. The van der Waals surface area contributed by atoms with Gasteiger partial charge < -0.3 is 4.74 Å². The van der Waals surface area contributed by atoms with Gasteiger partial charge in [-0.3, -0.25) is 4.90 Å². The Balaban J connectivity index is 1.47. The van der Waals surface area contributed by atoms with Gasteiger partial charge in [0.2, 0.25) is 10.0 Å². The van der Waals surface area contributed by atoms with Crippen molar-refractivity contribution in [2.45, 2.75) is 11.4 Å². The summed E-state index contributed by atoms with van der Waals surface area (Å²) >= 11 is 0. The smallest absolute Gasteiger partial charge is 0.243 e. The van der Waals surface area contributed by atoms with Crippen molar-refractivity contribution in [3.05, 3.63) is 72.3 Å². The molecule has 1 aliphatic heterocycles. The van der Waals surface area contributed by atoms with Gasteiger partial charge in [-0.25, -0.2) is 8.42 Å². The van der Waals surface area contributed by atoms with E-state index in [0.717, 1.165) is 36.2 Å². The highest BCUT2D eigenvalue weighted by molar-refractivity contribution is 7.89. The molecule has 3 aromatic rings. The number of rotatable bonds is 5. The average molecular weight is 397 g/mol. The molecule has 4 rings (SSSR count). The van der Waals surface area contributed by atoms with E-state index in [0.29, 0.717) is 18.0 Å². The lowest BCUT2D eigenvalue weighted by Gasteiger charge is -2.34. The Bertz CT molecular complexity index is 1060. The fraction of sp³-hybridized carbons (Fsp3) is 0.273. The molecule has 1 aliphatic rings. The summed E-state index contributed by atoms with van der Waals surface area (Å²) in [5.74, 6) is 0.762. The molecular formula is C22H24N2O3S. The molecule has 0 atom stereocenters. The number of sulfonamides is 1. The van der Waals surface area contributed by atoms with Crippen LogP contribution >= 0.6 is 0 Å². The minimum Gasteiger partial charge on any atom is -0.497 e. The van der Waals surface area contributed by atoms with Crippen molar-refractivity contribution in [2.75, 3.05) is 33.3 Å². The van der Waals surface area contributed by atoms with Crippen LogP contribution in [0.5, 0.6) is 5.75 Å². The Hall–Kier alpha value is -2.41. The molecule has 3 aromatic carbocycles. The summed E-state index contributed by atoms with van der Waals surface area (Å²) in [6.45, 7) is 3.34. The van der Waals surface area contributed by atoms with Gasteiger partial charge in [0.05, 0.1) is 12.0 Å². The van der Waals surface area contributed by atoms with Gasteiger partial charge in [-0.05, 0) is 40.6 Å². The predicted molar refractivity (Wildman–Crippen MR) is 111 cm³/mol. The van der Waals surface area contributed by atoms with Crippen LogP contribution in [0.25, 0.3) is 10.8 Å². The van der Waals surface area contributed by atoms with E-state index in [1.807, 2.05) is 42.5 Å². The van der Waals surface area contributed by atoms with Crippen molar-refractivity contribution >= 4 is 20.8 Å². The standard InChI is InChI=1S/C22H24N2O3S/c1-27-21-9-7-20-16-22(10-8-19(20)15-21)28(25,26)24-13-11-23(12-14-24)17-18-5-3-2-4-6-18/h2-10,15-16H,11-14,17H2,1H3. The van der Waals surface area contributed by atoms with Crippen LogP contribution in [-0.2, 0) is 16.6 Å². The molecule has 1 heterocycles. The van der Waals surface area contributed by atoms with Gasteiger partial charge in [-0.1, -0.05) is 42.5 Å². The van der Waals surface area contributed by atoms with Crippen LogP contribution in [0, 0.1) is 0 Å². The Kier molecular flexibility index (Phi) is 5.35. The summed E-state index contributed by atoms with van der Waals surface area (Å²) in [5, 5.41) is 1.86. The number of benzene rings is 3. The molecule has 0 radical (unpaired) electrons. The first-order valence-electron chi connectivity index (χ1n) is 9.40. The van der Waals surface area contributed by atoms with E-state index in [2.05, 4.69) is 17.0 Å². The lowest BCUT2D eigenvalue weighted by atomic mass is 10.1. The van der Waals surface area contributed by atoms with E-state index in [1.165, 1.54) is 5.56 Å². The number of ether oxygens (including phenoxy) is 1. The zero-order valence-corrected chi connectivity index (χ0v) is 16.7. The first-order chi connectivity index (χ1) is 13.6. The van der Waals surface area contributed by atoms with E-state index in [1.54, 1.807) is 23.5 Å². The van der Waals surface area contributed by atoms with Crippen molar-refractivity contribution in [1.29, 1.82) is 0 Å². The molecule has 0 saturated carbocycles. The zero-order chi connectivity index (χ0) is 19.6. The summed E-state index contributed by atoms with van der Waals surface area (Å²) in [6, 6.07) is 21.2. The number of fused-ring (bicyclic) bond motifs is 1. The van der Waals surface area contributed by atoms with Crippen LogP contribution in [0.2, 0.25) is 0 Å². The first kappa shape index (κ1) is 18.9. The maximum atomic E-state index is 13.1. The Morgan fingerprint density at radius 3 is 2.25 bits per heavy atom. The van der Waals surface area contributed by atoms with Gasteiger partial charge >= 0.3 is 0 Å². The molecule has 0 N–H and O–H groups in total. The topological polar surface area (TPSA) is 49.9 Å². The second kappa shape index (κ2) is 7.91. The molecule has 0 aromatic heterocycles. The van der Waals surface area contributed by atoms with Crippen LogP contribution in [0.1, 0.15) is 5.56 Å². The molecule has 1 fully saturated rings. The highest BCUT2D eigenvalue weighted by atomic mass is 32.2. The van der Waals surface area contributed by atoms with Crippen molar-refractivity contribution < 1.29 is 13.2 Å². The summed E-state index contributed by atoms with van der Waals surface area (Å²) in [6.07, 6.45) is 0. The van der Waals surface area contributed by atoms with Crippen LogP contribution in [-0.4, -0.2) is 50.9 Å². The Morgan fingerprint density at radius 1 is 0.857 bits per heavy atom. The average Bonchev–Trinajstić information content (AvgIpc) is 2.74. The first-order valence-corrected chi connectivity index (χ1v) is 10.8. The molecule has 28 heavy (non-hydrogen) atoms. The molecule has 146 valence electrons. The van der Waals surface area contributed by atoms with E-state index >= 15 is 0 Å². The molecule has 0 aliphatic carbocycles. The van der Waals surface area contributed by atoms with E-state index in [4.69, 9.17) is 4.74 Å². The molecule has 5 nitrogen and oxygen atoms in total. The summed E-state index contributed by atoms with van der Waals surface area (Å²) < 4.78 is 33.0. The second-order valence-corrected chi connectivity index (χ2v) is 8.98. The molecule has 0 bridgehead atoms. The third kappa shape index (κ3) is 3.90. The van der Waals surface area contributed by atoms with E-state index in [-0.39, 0.29) is 0 Å². The van der Waals surface area contributed by atoms with E-state index in [9.17, 15) is 8.42 Å². The van der Waals surface area contributed by atoms with Crippen LogP contribution in [0.15, 0.2) is 71.6 Å². The van der Waals surface area contributed by atoms with Gasteiger partial charge in [0.25, 0.3) is 0 Å². The highest BCUT2D eigenvalue weighted by Gasteiger charge is 2.28. The van der Waals surface area contributed by atoms with Crippen molar-refractivity contribution in [2.24, 2.45) is 0 Å². The molecule has 0 unspecified atom stereocenters. The summed E-state index contributed by atoms with van der Waals surface area (Å²) in [7, 11) is -1.87. The molecule has 1 saturated heterocycles.